The second-order valence-electron chi connectivity index (χ2n) is 5.48. The van der Waals surface area contributed by atoms with E-state index in [1.54, 1.807) is 20.8 Å². The molecule has 1 aliphatic rings. The molecular weight excluding hydrogens is 252 g/mol. The van der Waals surface area contributed by atoms with Gasteiger partial charge in [-0.1, -0.05) is 0 Å². The van der Waals surface area contributed by atoms with Gasteiger partial charge in [0.25, 0.3) is 0 Å². The van der Waals surface area contributed by atoms with Gasteiger partial charge in [-0.05, 0) is 27.2 Å². The van der Waals surface area contributed by atoms with Crippen LogP contribution in [-0.4, -0.2) is 52.7 Å². The summed E-state index contributed by atoms with van der Waals surface area (Å²) in [5.41, 5.74) is -0.698. The predicted molar refractivity (Wildman–Crippen MR) is 66.6 cm³/mol. The van der Waals surface area contributed by atoms with Crippen molar-refractivity contribution in [3.8, 4) is 0 Å². The van der Waals surface area contributed by atoms with Crippen molar-refractivity contribution in [2.45, 2.75) is 45.3 Å². The topological polar surface area (TPSA) is 95.9 Å². The number of rotatable bonds is 4. The number of alkyl carbamates (subject to hydrolysis) is 1. The van der Waals surface area contributed by atoms with Gasteiger partial charge in [-0.2, -0.15) is 0 Å². The summed E-state index contributed by atoms with van der Waals surface area (Å²) in [5, 5.41) is 11.3. The van der Waals surface area contributed by atoms with Crippen LogP contribution in [0.4, 0.5) is 4.79 Å². The molecule has 0 radical (unpaired) electrons. The maximum absolute atomic E-state index is 11.5. The Kier molecular flexibility index (Phi) is 4.74. The third-order valence-corrected chi connectivity index (χ3v) is 2.56. The first-order valence-corrected chi connectivity index (χ1v) is 6.19. The zero-order valence-electron chi connectivity index (χ0n) is 11.4. The molecule has 2 N–H and O–H groups in total. The number of ether oxygens (including phenoxy) is 1. The molecule has 1 fully saturated rings. The summed E-state index contributed by atoms with van der Waals surface area (Å²) in [6, 6.07) is -1.16. The largest absolute Gasteiger partial charge is 0.480 e. The predicted octanol–water partition coefficient (Wildman–Crippen LogP) is 0.587. The van der Waals surface area contributed by atoms with Gasteiger partial charge in [0.1, 0.15) is 11.6 Å². The van der Waals surface area contributed by atoms with Crippen LogP contribution in [0.25, 0.3) is 0 Å². The van der Waals surface area contributed by atoms with Crippen molar-refractivity contribution in [1.82, 2.24) is 10.2 Å². The average Bonchev–Trinajstić information content (AvgIpc) is 2.60. The SMILES string of the molecule is CC(C)(C)OC(=O)N[C@@H](CN1CCCC1=O)C(=O)O. The van der Waals surface area contributed by atoms with Crippen molar-refractivity contribution >= 4 is 18.0 Å². The van der Waals surface area contributed by atoms with Crippen molar-refractivity contribution in [3.63, 3.8) is 0 Å². The van der Waals surface area contributed by atoms with Crippen LogP contribution in [0.3, 0.4) is 0 Å². The summed E-state index contributed by atoms with van der Waals surface area (Å²) in [4.78, 5) is 35.5. The number of hydrogen-bond acceptors (Lipinski definition) is 4. The molecule has 1 saturated heterocycles. The lowest BCUT2D eigenvalue weighted by Crippen LogP contribution is -2.50. The number of carbonyl (C=O) groups excluding carboxylic acids is 2. The van der Waals surface area contributed by atoms with E-state index in [0.29, 0.717) is 13.0 Å². The van der Waals surface area contributed by atoms with E-state index in [-0.39, 0.29) is 12.5 Å². The number of nitrogens with one attached hydrogen (secondary N) is 1. The number of nitrogens with zero attached hydrogens (tertiary/aromatic N) is 1. The smallest absolute Gasteiger partial charge is 0.408 e. The summed E-state index contributed by atoms with van der Waals surface area (Å²) in [6.45, 7) is 5.55. The summed E-state index contributed by atoms with van der Waals surface area (Å²) in [5.74, 6) is -1.28. The van der Waals surface area contributed by atoms with E-state index in [2.05, 4.69) is 5.32 Å². The van der Waals surface area contributed by atoms with Gasteiger partial charge in [0.05, 0.1) is 6.54 Å². The number of hydrogen-bond donors (Lipinski definition) is 2. The fourth-order valence-electron chi connectivity index (χ4n) is 1.75. The van der Waals surface area contributed by atoms with E-state index in [0.717, 1.165) is 6.42 Å². The van der Waals surface area contributed by atoms with E-state index in [4.69, 9.17) is 9.84 Å². The second kappa shape index (κ2) is 5.90. The van der Waals surface area contributed by atoms with E-state index in [1.807, 2.05) is 0 Å². The highest BCUT2D eigenvalue weighted by Crippen LogP contribution is 2.11. The molecule has 1 rings (SSSR count). The van der Waals surface area contributed by atoms with Crippen LogP contribution in [0.15, 0.2) is 0 Å². The minimum Gasteiger partial charge on any atom is -0.480 e. The molecule has 1 atom stereocenters. The normalized spacial score (nSPS) is 17.2. The quantitative estimate of drug-likeness (QED) is 0.780. The third kappa shape index (κ3) is 5.15. The van der Waals surface area contributed by atoms with Gasteiger partial charge in [-0.3, -0.25) is 4.79 Å². The Hall–Kier alpha value is -1.79. The summed E-state index contributed by atoms with van der Waals surface area (Å²) < 4.78 is 4.99. The first kappa shape index (κ1) is 15.3. The molecule has 0 aromatic carbocycles. The van der Waals surface area contributed by atoms with Gasteiger partial charge in [-0.15, -0.1) is 0 Å². The minimum atomic E-state index is -1.19. The molecule has 108 valence electrons. The molecule has 7 heteroatoms. The van der Waals surface area contributed by atoms with Crippen molar-refractivity contribution in [2.75, 3.05) is 13.1 Å². The van der Waals surface area contributed by atoms with Crippen molar-refractivity contribution < 1.29 is 24.2 Å². The molecule has 0 spiro atoms. The highest BCUT2D eigenvalue weighted by atomic mass is 16.6. The molecule has 0 aliphatic carbocycles. The molecule has 0 bridgehead atoms. The monoisotopic (exact) mass is 272 g/mol. The maximum atomic E-state index is 11.5. The third-order valence-electron chi connectivity index (χ3n) is 2.56. The van der Waals surface area contributed by atoms with Gasteiger partial charge in [0, 0.05) is 13.0 Å². The molecular formula is C12H20N2O5. The number of carboxylic acids is 1. The van der Waals surface area contributed by atoms with Crippen molar-refractivity contribution in [1.29, 1.82) is 0 Å². The Bertz CT molecular complexity index is 375. The zero-order chi connectivity index (χ0) is 14.6. The Labute approximate surface area is 111 Å². The Morgan fingerprint density at radius 2 is 2.11 bits per heavy atom. The van der Waals surface area contributed by atoms with E-state index < -0.39 is 23.7 Å². The van der Waals surface area contributed by atoms with Crippen LogP contribution >= 0.6 is 0 Å². The molecule has 0 aromatic rings. The van der Waals surface area contributed by atoms with Crippen LogP contribution in [0.5, 0.6) is 0 Å². The fourth-order valence-corrected chi connectivity index (χ4v) is 1.75. The highest BCUT2D eigenvalue weighted by molar-refractivity contribution is 5.82. The Morgan fingerprint density at radius 3 is 2.53 bits per heavy atom. The van der Waals surface area contributed by atoms with Crippen molar-refractivity contribution in [2.24, 2.45) is 0 Å². The molecule has 7 nitrogen and oxygen atoms in total. The van der Waals surface area contributed by atoms with Crippen LogP contribution in [-0.2, 0) is 14.3 Å². The van der Waals surface area contributed by atoms with Crippen LogP contribution in [0.2, 0.25) is 0 Å². The number of carbonyl (C=O) groups is 3. The van der Waals surface area contributed by atoms with Crippen LogP contribution in [0, 0.1) is 0 Å². The lowest BCUT2D eigenvalue weighted by atomic mass is 10.2. The number of likely N-dealkylation sites (tertiary alicyclic amines) is 1. The van der Waals surface area contributed by atoms with E-state index in [9.17, 15) is 14.4 Å². The molecule has 19 heavy (non-hydrogen) atoms. The number of amides is 2. The van der Waals surface area contributed by atoms with E-state index >= 15 is 0 Å². The highest BCUT2D eigenvalue weighted by Gasteiger charge is 2.29. The van der Waals surface area contributed by atoms with Crippen LogP contribution in [0.1, 0.15) is 33.6 Å². The van der Waals surface area contributed by atoms with Gasteiger partial charge < -0.3 is 20.1 Å². The average molecular weight is 272 g/mol. The van der Waals surface area contributed by atoms with Gasteiger partial charge in [0.2, 0.25) is 5.91 Å². The van der Waals surface area contributed by atoms with E-state index in [1.165, 1.54) is 4.90 Å². The maximum Gasteiger partial charge on any atom is 0.408 e. The molecule has 0 saturated carbocycles. The Balaban J connectivity index is 2.56. The lowest BCUT2D eigenvalue weighted by Gasteiger charge is -2.24. The molecule has 2 amide bonds. The molecule has 1 heterocycles. The fraction of sp³-hybridized carbons (Fsp3) is 0.750. The van der Waals surface area contributed by atoms with Gasteiger partial charge in [-0.25, -0.2) is 9.59 Å². The van der Waals surface area contributed by atoms with Crippen molar-refractivity contribution in [3.05, 3.63) is 0 Å². The number of aliphatic carboxylic acids is 1. The second-order valence-corrected chi connectivity index (χ2v) is 5.48. The molecule has 1 aliphatic heterocycles. The number of carboxylic acid groups (broad SMARTS) is 1. The summed E-state index contributed by atoms with van der Waals surface area (Å²) in [7, 11) is 0. The summed E-state index contributed by atoms with van der Waals surface area (Å²) in [6.07, 6.45) is 0.350. The zero-order valence-corrected chi connectivity index (χ0v) is 11.4. The first-order chi connectivity index (χ1) is 8.69. The standard InChI is InChI=1S/C12H20N2O5/c1-12(2,3)19-11(18)13-8(10(16)17)7-14-6-4-5-9(14)15/h8H,4-7H2,1-3H3,(H,13,18)(H,16,17)/t8-/m0/s1. The van der Waals surface area contributed by atoms with Gasteiger partial charge >= 0.3 is 12.1 Å². The lowest BCUT2D eigenvalue weighted by molar-refractivity contribution is -0.140. The first-order valence-electron chi connectivity index (χ1n) is 6.19. The van der Waals surface area contributed by atoms with Gasteiger partial charge in [0.15, 0.2) is 0 Å². The molecule has 0 aromatic heterocycles. The van der Waals surface area contributed by atoms with Crippen LogP contribution < -0.4 is 5.32 Å². The minimum absolute atomic E-state index is 0.0343. The summed E-state index contributed by atoms with van der Waals surface area (Å²) >= 11 is 0. The molecule has 0 unspecified atom stereocenters. The Morgan fingerprint density at radius 1 is 1.47 bits per heavy atom.